The second-order valence-corrected chi connectivity index (χ2v) is 7.28. The summed E-state index contributed by atoms with van der Waals surface area (Å²) < 4.78 is 5.75. The van der Waals surface area contributed by atoms with E-state index in [9.17, 15) is 9.59 Å². The molecule has 3 N–H and O–H groups in total. The number of aromatic nitrogens is 1. The highest BCUT2D eigenvalue weighted by atomic mass is 35.5. The van der Waals surface area contributed by atoms with Crippen LogP contribution in [0, 0.1) is 5.92 Å². The third-order valence-corrected chi connectivity index (χ3v) is 4.55. The highest BCUT2D eigenvalue weighted by Gasteiger charge is 2.38. The number of nitrogens with zero attached hydrogens (tertiary/aromatic N) is 2. The molecule has 9 heteroatoms. The number of anilines is 3. The molecule has 0 fully saturated rings. The van der Waals surface area contributed by atoms with Gasteiger partial charge in [-0.1, -0.05) is 37.0 Å². The van der Waals surface area contributed by atoms with Gasteiger partial charge in [0.1, 0.15) is 12.4 Å². The summed E-state index contributed by atoms with van der Waals surface area (Å²) in [5, 5.41) is 3.42. The number of nitrogen functional groups attached to an aromatic ring is 1. The molecule has 0 spiro atoms. The van der Waals surface area contributed by atoms with Crippen LogP contribution in [0.15, 0.2) is 30.3 Å². The van der Waals surface area contributed by atoms with E-state index in [1.54, 1.807) is 24.3 Å². The lowest BCUT2D eigenvalue weighted by Crippen LogP contribution is -2.51. The molecule has 1 unspecified atom stereocenters. The number of pyridine rings is 1. The first-order valence-electron chi connectivity index (χ1n) is 8.25. The van der Waals surface area contributed by atoms with Gasteiger partial charge in [-0.05, 0) is 36.2 Å². The molecule has 1 aromatic carbocycles. The molecule has 2 heterocycles. The topological polar surface area (TPSA) is 97.6 Å². The van der Waals surface area contributed by atoms with E-state index < -0.39 is 12.0 Å². The second-order valence-electron chi connectivity index (χ2n) is 6.44. The average molecular weight is 409 g/mol. The van der Waals surface area contributed by atoms with Gasteiger partial charge in [0.25, 0.3) is 5.91 Å². The zero-order chi connectivity index (χ0) is 19.7. The number of halogens is 2. The normalized spacial score (nSPS) is 16.1. The van der Waals surface area contributed by atoms with Gasteiger partial charge in [-0.3, -0.25) is 14.5 Å². The quantitative estimate of drug-likeness (QED) is 0.807. The molecule has 1 aliphatic heterocycles. The molecule has 3 rings (SSSR count). The van der Waals surface area contributed by atoms with E-state index in [-0.39, 0.29) is 30.0 Å². The molecule has 0 bridgehead atoms. The number of benzene rings is 1. The van der Waals surface area contributed by atoms with Crippen molar-refractivity contribution in [3.63, 3.8) is 0 Å². The minimum Gasteiger partial charge on any atom is -0.476 e. The minimum atomic E-state index is -0.717. The maximum atomic E-state index is 12.8. The third-order valence-electron chi connectivity index (χ3n) is 3.99. The Morgan fingerprint density at radius 1 is 1.33 bits per heavy atom. The van der Waals surface area contributed by atoms with Gasteiger partial charge in [-0.25, -0.2) is 4.98 Å². The Labute approximate surface area is 166 Å². The van der Waals surface area contributed by atoms with E-state index >= 15 is 0 Å². The lowest BCUT2D eigenvalue weighted by molar-refractivity contribution is -0.129. The molecule has 27 heavy (non-hydrogen) atoms. The number of hydrogen-bond donors (Lipinski definition) is 2. The first kappa shape index (κ1) is 19.3. The van der Waals surface area contributed by atoms with Gasteiger partial charge in [0.2, 0.25) is 5.91 Å². The number of amides is 2. The van der Waals surface area contributed by atoms with Crippen molar-refractivity contribution < 1.29 is 14.3 Å². The van der Waals surface area contributed by atoms with Crippen LogP contribution in [0.25, 0.3) is 0 Å². The van der Waals surface area contributed by atoms with Crippen molar-refractivity contribution in [1.29, 1.82) is 0 Å². The van der Waals surface area contributed by atoms with E-state index in [4.69, 9.17) is 33.7 Å². The number of hydrogen-bond acceptors (Lipinski definition) is 5. The summed E-state index contributed by atoms with van der Waals surface area (Å²) in [6.07, 6.45) is -0.717. The number of fused-ring (bicyclic) bond motifs is 1. The molecule has 0 saturated heterocycles. The predicted molar refractivity (Wildman–Crippen MR) is 105 cm³/mol. The van der Waals surface area contributed by atoms with E-state index in [0.29, 0.717) is 21.5 Å². The Hall–Kier alpha value is -2.51. The van der Waals surface area contributed by atoms with Crippen molar-refractivity contribution in [2.24, 2.45) is 5.92 Å². The van der Waals surface area contributed by atoms with Gasteiger partial charge in [0.15, 0.2) is 17.7 Å². The van der Waals surface area contributed by atoms with Crippen LogP contribution >= 0.6 is 23.2 Å². The lowest BCUT2D eigenvalue weighted by atomic mass is 10.0. The fourth-order valence-corrected chi connectivity index (χ4v) is 3.02. The van der Waals surface area contributed by atoms with Crippen molar-refractivity contribution in [3.8, 4) is 5.75 Å². The number of carbonyl (C=O) groups excluding carboxylic acids is 2. The van der Waals surface area contributed by atoms with Crippen LogP contribution in [0.1, 0.15) is 13.8 Å². The number of carbonyl (C=O) groups is 2. The van der Waals surface area contributed by atoms with E-state index in [1.165, 1.54) is 11.0 Å². The highest BCUT2D eigenvalue weighted by Crippen LogP contribution is 2.35. The highest BCUT2D eigenvalue weighted by molar-refractivity contribution is 6.35. The molecule has 2 amide bonds. The van der Waals surface area contributed by atoms with Crippen molar-refractivity contribution in [2.75, 3.05) is 22.5 Å². The van der Waals surface area contributed by atoms with Crippen molar-refractivity contribution in [3.05, 3.63) is 40.4 Å². The molecule has 1 atom stereocenters. The van der Waals surface area contributed by atoms with Crippen molar-refractivity contribution >= 4 is 52.3 Å². The zero-order valence-corrected chi connectivity index (χ0v) is 16.2. The van der Waals surface area contributed by atoms with Gasteiger partial charge in [0.05, 0.1) is 10.7 Å². The van der Waals surface area contributed by atoms with Crippen LogP contribution in [0.5, 0.6) is 5.75 Å². The number of rotatable bonds is 4. The molecule has 0 aliphatic carbocycles. The summed E-state index contributed by atoms with van der Waals surface area (Å²) >= 11 is 12.0. The Balaban J connectivity index is 1.87. The standard InChI is InChI=1S/C18H18Cl2N4O3/c1-9(2)16-18(26)24(17-13(27-16)5-6-14(21)23-17)8-15(25)22-12-7-10(19)3-4-11(12)20/h3-7,9,16H,8H2,1-2H3,(H2,21,23)(H,22,25). The maximum absolute atomic E-state index is 12.8. The molecular weight excluding hydrogens is 391 g/mol. The third kappa shape index (κ3) is 4.09. The second kappa shape index (κ2) is 7.62. The summed E-state index contributed by atoms with van der Waals surface area (Å²) in [6, 6.07) is 7.94. The maximum Gasteiger partial charge on any atom is 0.270 e. The summed E-state index contributed by atoms with van der Waals surface area (Å²) in [5.74, 6) is -0.0667. The van der Waals surface area contributed by atoms with Crippen LogP contribution < -0.4 is 20.7 Å². The molecule has 2 aromatic rings. The first-order chi connectivity index (χ1) is 12.8. The fraction of sp³-hybridized carbons (Fsp3) is 0.278. The molecule has 1 aliphatic rings. The van der Waals surface area contributed by atoms with E-state index in [2.05, 4.69) is 10.3 Å². The van der Waals surface area contributed by atoms with Gasteiger partial charge in [0, 0.05) is 5.02 Å². The van der Waals surface area contributed by atoms with E-state index in [1.807, 2.05) is 13.8 Å². The van der Waals surface area contributed by atoms with Crippen molar-refractivity contribution in [1.82, 2.24) is 4.98 Å². The van der Waals surface area contributed by atoms with Gasteiger partial charge >= 0.3 is 0 Å². The number of ether oxygens (including phenoxy) is 1. The van der Waals surface area contributed by atoms with Crippen LogP contribution in [0.3, 0.4) is 0 Å². The van der Waals surface area contributed by atoms with Gasteiger partial charge in [-0.2, -0.15) is 0 Å². The molecule has 7 nitrogen and oxygen atoms in total. The molecule has 0 radical (unpaired) electrons. The first-order valence-corrected chi connectivity index (χ1v) is 9.01. The van der Waals surface area contributed by atoms with Crippen LogP contribution in [-0.4, -0.2) is 29.4 Å². The largest absolute Gasteiger partial charge is 0.476 e. The van der Waals surface area contributed by atoms with Gasteiger partial charge in [-0.15, -0.1) is 0 Å². The molecule has 1 aromatic heterocycles. The summed E-state index contributed by atoms with van der Waals surface area (Å²) in [4.78, 5) is 30.8. The Morgan fingerprint density at radius 2 is 2.07 bits per heavy atom. The summed E-state index contributed by atoms with van der Waals surface area (Å²) in [5.41, 5.74) is 6.10. The molecular formula is C18H18Cl2N4O3. The SMILES string of the molecule is CC(C)C1Oc2ccc(N)nc2N(CC(=O)Nc2cc(Cl)ccc2Cl)C1=O. The minimum absolute atomic E-state index is 0.0869. The molecule has 142 valence electrons. The Bertz CT molecular complexity index is 904. The fourth-order valence-electron chi connectivity index (χ4n) is 2.68. The Morgan fingerprint density at radius 3 is 2.78 bits per heavy atom. The van der Waals surface area contributed by atoms with Crippen molar-refractivity contribution in [2.45, 2.75) is 20.0 Å². The monoisotopic (exact) mass is 408 g/mol. The van der Waals surface area contributed by atoms with E-state index in [0.717, 1.165) is 0 Å². The average Bonchev–Trinajstić information content (AvgIpc) is 2.60. The Kier molecular flexibility index (Phi) is 5.43. The number of nitrogens with one attached hydrogen (secondary N) is 1. The zero-order valence-electron chi connectivity index (χ0n) is 14.7. The van der Waals surface area contributed by atoms with Crippen LogP contribution in [0.4, 0.5) is 17.3 Å². The lowest BCUT2D eigenvalue weighted by Gasteiger charge is -2.34. The van der Waals surface area contributed by atoms with Crippen LogP contribution in [-0.2, 0) is 9.59 Å². The predicted octanol–water partition coefficient (Wildman–Crippen LogP) is 3.36. The molecule has 0 saturated carbocycles. The van der Waals surface area contributed by atoms with Gasteiger partial charge < -0.3 is 15.8 Å². The summed E-state index contributed by atoms with van der Waals surface area (Å²) in [7, 11) is 0. The summed E-state index contributed by atoms with van der Waals surface area (Å²) in [6.45, 7) is 3.46. The van der Waals surface area contributed by atoms with Crippen LogP contribution in [0.2, 0.25) is 10.0 Å². The smallest absolute Gasteiger partial charge is 0.270 e. The number of nitrogens with two attached hydrogens (primary N) is 1.